The molecule has 1 N–H and O–H groups in total. The number of nitrogens with one attached hydrogen (secondary N) is 1. The highest BCUT2D eigenvalue weighted by molar-refractivity contribution is 5.93. The molecule has 6 heteroatoms. The highest BCUT2D eigenvalue weighted by atomic mass is 16.5. The van der Waals surface area contributed by atoms with Gasteiger partial charge in [-0.25, -0.2) is 4.79 Å². The molecule has 6 nitrogen and oxygen atoms in total. The van der Waals surface area contributed by atoms with Gasteiger partial charge in [0.05, 0.1) is 33.3 Å². The highest BCUT2D eigenvalue weighted by Crippen LogP contribution is 2.25. The first-order valence-electron chi connectivity index (χ1n) is 9.83. The minimum atomic E-state index is -0.410. The lowest BCUT2D eigenvalue weighted by Crippen LogP contribution is -2.15. The first kappa shape index (κ1) is 22.4. The molecule has 0 bridgehead atoms. The predicted molar refractivity (Wildman–Crippen MR) is 122 cm³/mol. The van der Waals surface area contributed by atoms with Crippen molar-refractivity contribution in [2.75, 3.05) is 26.6 Å². The Labute approximate surface area is 187 Å². The zero-order valence-electron chi connectivity index (χ0n) is 18.1. The van der Waals surface area contributed by atoms with Gasteiger partial charge in [0.15, 0.2) is 0 Å². The van der Waals surface area contributed by atoms with Crippen molar-refractivity contribution in [1.82, 2.24) is 0 Å². The van der Waals surface area contributed by atoms with Crippen LogP contribution in [-0.4, -0.2) is 33.2 Å². The molecule has 0 saturated carbocycles. The highest BCUT2D eigenvalue weighted by Gasteiger charge is 2.10. The molecule has 0 unspecified atom stereocenters. The summed E-state index contributed by atoms with van der Waals surface area (Å²) in [5, 5.41) is 2.89. The van der Waals surface area contributed by atoms with E-state index in [9.17, 15) is 9.59 Å². The van der Waals surface area contributed by atoms with Crippen molar-refractivity contribution >= 4 is 17.6 Å². The van der Waals surface area contributed by atoms with Crippen LogP contribution in [0.1, 0.15) is 27.0 Å². The van der Waals surface area contributed by atoms with Gasteiger partial charge in [0.25, 0.3) is 0 Å². The van der Waals surface area contributed by atoms with Gasteiger partial charge in [0, 0.05) is 28.4 Å². The number of benzene rings is 3. The third-order valence-corrected chi connectivity index (χ3v) is 4.63. The minimum Gasteiger partial charge on any atom is -0.497 e. The summed E-state index contributed by atoms with van der Waals surface area (Å²) in [5.41, 5.74) is 3.25. The van der Waals surface area contributed by atoms with Crippen molar-refractivity contribution in [3.8, 4) is 23.3 Å². The number of amides is 1. The second-order valence-corrected chi connectivity index (χ2v) is 6.81. The normalized spacial score (nSPS) is 9.84. The molecular formula is C26H23NO5. The Morgan fingerprint density at radius 1 is 0.844 bits per heavy atom. The Bertz CT molecular complexity index is 1190. The zero-order valence-corrected chi connectivity index (χ0v) is 18.1. The Morgan fingerprint density at radius 3 is 2.25 bits per heavy atom. The second-order valence-electron chi connectivity index (χ2n) is 6.81. The van der Waals surface area contributed by atoms with Crippen LogP contribution < -0.4 is 14.8 Å². The minimum absolute atomic E-state index is 0.156. The number of rotatable bonds is 6. The van der Waals surface area contributed by atoms with Crippen LogP contribution in [0.4, 0.5) is 5.69 Å². The molecule has 0 heterocycles. The number of anilines is 1. The van der Waals surface area contributed by atoms with E-state index >= 15 is 0 Å². The van der Waals surface area contributed by atoms with Gasteiger partial charge >= 0.3 is 5.97 Å². The van der Waals surface area contributed by atoms with Gasteiger partial charge < -0.3 is 19.5 Å². The van der Waals surface area contributed by atoms with Crippen LogP contribution in [0.5, 0.6) is 11.5 Å². The molecule has 32 heavy (non-hydrogen) atoms. The molecule has 0 aliphatic carbocycles. The van der Waals surface area contributed by atoms with Gasteiger partial charge in [-0.05, 0) is 42.5 Å². The Hall–Kier alpha value is -4.24. The maximum Gasteiger partial charge on any atom is 0.337 e. The molecule has 162 valence electrons. The van der Waals surface area contributed by atoms with E-state index in [0.717, 1.165) is 11.1 Å². The summed E-state index contributed by atoms with van der Waals surface area (Å²) in [7, 11) is 4.47. The lowest BCUT2D eigenvalue weighted by molar-refractivity contribution is -0.115. The number of carbonyl (C=O) groups is 2. The van der Waals surface area contributed by atoms with E-state index in [1.165, 1.54) is 7.11 Å². The van der Waals surface area contributed by atoms with Crippen LogP contribution >= 0.6 is 0 Å². The standard InChI is InChI=1S/C26H23NO5/c1-30-23-13-12-20(24(17-23)31-2)16-25(28)27-22-9-5-7-19(15-22)11-10-18-6-4-8-21(14-18)26(29)32-3/h4-9,12-15,17H,16H2,1-3H3,(H,27,28). The van der Waals surface area contributed by atoms with Gasteiger partial charge in [-0.2, -0.15) is 0 Å². The smallest absolute Gasteiger partial charge is 0.337 e. The average molecular weight is 429 g/mol. The number of hydrogen-bond donors (Lipinski definition) is 1. The second kappa shape index (κ2) is 10.7. The molecule has 3 rings (SSSR count). The van der Waals surface area contributed by atoms with Crippen LogP contribution in [0.3, 0.4) is 0 Å². The number of esters is 1. The fraction of sp³-hybridized carbons (Fsp3) is 0.154. The number of methoxy groups -OCH3 is 3. The van der Waals surface area contributed by atoms with Crippen molar-refractivity contribution in [2.24, 2.45) is 0 Å². The van der Waals surface area contributed by atoms with E-state index in [0.29, 0.717) is 28.3 Å². The molecule has 0 aliphatic heterocycles. The zero-order chi connectivity index (χ0) is 22.9. The molecule has 0 spiro atoms. The van der Waals surface area contributed by atoms with E-state index < -0.39 is 5.97 Å². The first-order valence-corrected chi connectivity index (χ1v) is 9.83. The van der Waals surface area contributed by atoms with Crippen LogP contribution in [0.2, 0.25) is 0 Å². The molecule has 0 saturated heterocycles. The van der Waals surface area contributed by atoms with Gasteiger partial charge in [0.2, 0.25) is 5.91 Å². The molecule has 3 aromatic carbocycles. The maximum atomic E-state index is 12.5. The van der Waals surface area contributed by atoms with Crippen molar-refractivity contribution in [2.45, 2.75) is 6.42 Å². The van der Waals surface area contributed by atoms with Crippen LogP contribution in [0, 0.1) is 11.8 Å². The monoisotopic (exact) mass is 429 g/mol. The van der Waals surface area contributed by atoms with E-state index in [1.807, 2.05) is 24.3 Å². The fourth-order valence-electron chi connectivity index (χ4n) is 3.04. The number of carbonyl (C=O) groups excluding carboxylic acids is 2. The summed E-state index contributed by atoms with van der Waals surface area (Å²) in [5.74, 6) is 6.75. The Balaban J connectivity index is 1.70. The van der Waals surface area contributed by atoms with Crippen molar-refractivity contribution in [3.05, 3.63) is 89.0 Å². The predicted octanol–water partition coefficient (Wildman–Crippen LogP) is 4.07. The summed E-state index contributed by atoms with van der Waals surface area (Å²) >= 11 is 0. The molecule has 0 fully saturated rings. The summed E-state index contributed by atoms with van der Waals surface area (Å²) < 4.78 is 15.3. The third kappa shape index (κ3) is 5.89. The SMILES string of the molecule is COC(=O)c1cccc(C#Cc2cccc(NC(=O)Cc3ccc(OC)cc3OC)c2)c1. The third-order valence-electron chi connectivity index (χ3n) is 4.63. The van der Waals surface area contributed by atoms with Gasteiger partial charge in [-0.15, -0.1) is 0 Å². The van der Waals surface area contributed by atoms with E-state index in [-0.39, 0.29) is 12.3 Å². The van der Waals surface area contributed by atoms with Crippen molar-refractivity contribution < 1.29 is 23.8 Å². The van der Waals surface area contributed by atoms with Crippen molar-refractivity contribution in [1.29, 1.82) is 0 Å². The topological polar surface area (TPSA) is 73.9 Å². The number of hydrogen-bond acceptors (Lipinski definition) is 5. The largest absolute Gasteiger partial charge is 0.497 e. The summed E-state index contributed by atoms with van der Waals surface area (Å²) in [4.78, 5) is 24.2. The molecule has 0 radical (unpaired) electrons. The fourth-order valence-corrected chi connectivity index (χ4v) is 3.04. The molecule has 0 aliphatic rings. The summed E-state index contributed by atoms with van der Waals surface area (Å²) in [6.07, 6.45) is 0.156. The van der Waals surface area contributed by atoms with E-state index in [2.05, 4.69) is 17.2 Å². The van der Waals surface area contributed by atoms with E-state index in [4.69, 9.17) is 14.2 Å². The summed E-state index contributed by atoms with van der Waals surface area (Å²) in [6.45, 7) is 0. The first-order chi connectivity index (χ1) is 15.5. The molecule has 0 aromatic heterocycles. The van der Waals surface area contributed by atoms with E-state index in [1.54, 1.807) is 56.7 Å². The van der Waals surface area contributed by atoms with Gasteiger partial charge in [-0.3, -0.25) is 4.79 Å². The Morgan fingerprint density at radius 2 is 1.56 bits per heavy atom. The molecule has 3 aromatic rings. The molecule has 1 amide bonds. The maximum absolute atomic E-state index is 12.5. The molecule has 0 atom stereocenters. The number of ether oxygens (including phenoxy) is 3. The Kier molecular flexibility index (Phi) is 7.50. The average Bonchev–Trinajstić information content (AvgIpc) is 2.82. The lowest BCUT2D eigenvalue weighted by Gasteiger charge is -2.11. The van der Waals surface area contributed by atoms with Crippen LogP contribution in [-0.2, 0) is 16.0 Å². The molecular weight excluding hydrogens is 406 g/mol. The lowest BCUT2D eigenvalue weighted by atomic mass is 10.1. The van der Waals surface area contributed by atoms with Crippen molar-refractivity contribution in [3.63, 3.8) is 0 Å². The van der Waals surface area contributed by atoms with Gasteiger partial charge in [-0.1, -0.05) is 30.0 Å². The van der Waals surface area contributed by atoms with Gasteiger partial charge in [0.1, 0.15) is 11.5 Å². The quantitative estimate of drug-likeness (QED) is 0.472. The van der Waals surface area contributed by atoms with Crippen LogP contribution in [0.15, 0.2) is 66.7 Å². The van der Waals surface area contributed by atoms with Crippen LogP contribution in [0.25, 0.3) is 0 Å². The summed E-state index contributed by atoms with van der Waals surface area (Å²) in [6, 6.07) is 19.5.